The van der Waals surface area contributed by atoms with Gasteiger partial charge in [-0.1, -0.05) is 92.5 Å². The second kappa shape index (κ2) is 13.3. The molecule has 0 spiro atoms. The quantitative estimate of drug-likeness (QED) is 0.260. The molecule has 0 amide bonds. The Bertz CT molecular complexity index is 961. The zero-order valence-corrected chi connectivity index (χ0v) is 23.7. The molecule has 0 saturated carbocycles. The lowest BCUT2D eigenvalue weighted by Gasteiger charge is -2.49. The molecule has 6 nitrogen and oxygen atoms in total. The van der Waals surface area contributed by atoms with Gasteiger partial charge in [-0.3, -0.25) is 0 Å². The van der Waals surface area contributed by atoms with Gasteiger partial charge in [0.25, 0.3) is 0 Å². The highest BCUT2D eigenvalue weighted by Gasteiger charge is 2.52. The average Bonchev–Trinajstić information content (AvgIpc) is 2.87. The van der Waals surface area contributed by atoms with Crippen LogP contribution in [0.2, 0.25) is 25.7 Å². The lowest BCUT2D eigenvalue weighted by atomic mass is 9.97. The topological polar surface area (TPSA) is 55.4 Å². The van der Waals surface area contributed by atoms with E-state index in [-0.39, 0.29) is 18.3 Å². The van der Waals surface area contributed by atoms with E-state index in [9.17, 15) is 0 Å². The van der Waals surface area contributed by atoms with Crippen LogP contribution in [0.3, 0.4) is 0 Å². The van der Waals surface area contributed by atoms with E-state index in [0.717, 1.165) is 17.2 Å². The van der Waals surface area contributed by atoms with Crippen molar-refractivity contribution >= 4 is 8.07 Å². The molecule has 2 saturated heterocycles. The maximum atomic E-state index is 6.58. The van der Waals surface area contributed by atoms with Crippen LogP contribution in [0.15, 0.2) is 72.8 Å². The molecule has 4 rings (SSSR count). The third kappa shape index (κ3) is 8.32. The minimum absolute atomic E-state index is 0.0349. The molecule has 2 aliphatic rings. The number of rotatable bonds is 11. The Balaban J connectivity index is 1.55. The molecular weight excluding hydrogens is 484 g/mol. The summed E-state index contributed by atoms with van der Waals surface area (Å²) in [6.07, 6.45) is 1.66. The van der Waals surface area contributed by atoms with Crippen molar-refractivity contribution in [1.82, 2.24) is 0 Å². The molecule has 6 atom stereocenters. The first-order valence-electron chi connectivity index (χ1n) is 13.4. The van der Waals surface area contributed by atoms with E-state index < -0.39 is 32.9 Å². The molecule has 2 heterocycles. The number of benzene rings is 2. The van der Waals surface area contributed by atoms with Gasteiger partial charge >= 0.3 is 0 Å². The van der Waals surface area contributed by atoms with Crippen LogP contribution in [0, 0.1) is 0 Å². The molecule has 2 aromatic rings. The molecule has 0 bridgehead atoms. The molecule has 2 aliphatic heterocycles. The van der Waals surface area contributed by atoms with Gasteiger partial charge in [0.15, 0.2) is 12.6 Å². The van der Waals surface area contributed by atoms with Gasteiger partial charge in [-0.15, -0.1) is 0 Å². The summed E-state index contributed by atoms with van der Waals surface area (Å²) in [5, 5.41) is 0. The van der Waals surface area contributed by atoms with E-state index in [1.165, 1.54) is 0 Å². The van der Waals surface area contributed by atoms with Gasteiger partial charge < -0.3 is 28.4 Å². The van der Waals surface area contributed by atoms with Crippen LogP contribution < -0.4 is 0 Å². The summed E-state index contributed by atoms with van der Waals surface area (Å²) >= 11 is 0. The average molecular weight is 527 g/mol. The lowest BCUT2D eigenvalue weighted by molar-refractivity contribution is -0.374. The van der Waals surface area contributed by atoms with Crippen LogP contribution in [0.5, 0.6) is 0 Å². The van der Waals surface area contributed by atoms with Gasteiger partial charge in [0.05, 0.1) is 25.9 Å². The molecule has 0 aromatic heterocycles. The van der Waals surface area contributed by atoms with Crippen molar-refractivity contribution in [3.63, 3.8) is 0 Å². The first-order chi connectivity index (χ1) is 17.8. The van der Waals surface area contributed by atoms with E-state index in [4.69, 9.17) is 28.4 Å². The zero-order chi connectivity index (χ0) is 26.3. The van der Waals surface area contributed by atoms with Gasteiger partial charge in [-0.2, -0.15) is 0 Å². The molecule has 1 unspecified atom stereocenters. The molecule has 37 heavy (non-hydrogen) atoms. The Labute approximate surface area is 222 Å². The summed E-state index contributed by atoms with van der Waals surface area (Å²) in [6, 6.07) is 21.3. The van der Waals surface area contributed by atoms with E-state index >= 15 is 0 Å². The van der Waals surface area contributed by atoms with Crippen molar-refractivity contribution in [3.8, 4) is 0 Å². The van der Waals surface area contributed by atoms with Gasteiger partial charge in [0.2, 0.25) is 0 Å². The van der Waals surface area contributed by atoms with Crippen LogP contribution in [-0.2, 0) is 35.0 Å². The maximum absolute atomic E-state index is 6.58. The molecule has 0 aliphatic carbocycles. The van der Waals surface area contributed by atoms with Gasteiger partial charge in [-0.25, -0.2) is 0 Å². The number of allylic oxidation sites excluding steroid dienone is 1. The predicted molar refractivity (Wildman–Crippen MR) is 147 cm³/mol. The van der Waals surface area contributed by atoms with Crippen LogP contribution in [0.25, 0.3) is 0 Å². The predicted octanol–water partition coefficient (Wildman–Crippen LogP) is 6.12. The summed E-state index contributed by atoms with van der Waals surface area (Å²) in [4.78, 5) is 0. The summed E-state index contributed by atoms with van der Waals surface area (Å²) < 4.78 is 38.2. The Morgan fingerprint density at radius 1 is 0.892 bits per heavy atom. The van der Waals surface area contributed by atoms with Gasteiger partial charge in [0.1, 0.15) is 24.4 Å². The normalized spacial score (nSPS) is 28.5. The Kier molecular flexibility index (Phi) is 10.1. The highest BCUT2D eigenvalue weighted by Crippen LogP contribution is 2.37. The monoisotopic (exact) mass is 526 g/mol. The fourth-order valence-electron chi connectivity index (χ4n) is 4.51. The second-order valence-electron chi connectivity index (χ2n) is 11.2. The Hall–Kier alpha value is -1.84. The van der Waals surface area contributed by atoms with E-state index in [1.807, 2.05) is 62.4 Å². The Morgan fingerprint density at radius 3 is 2.27 bits per heavy atom. The minimum atomic E-state index is -1.16. The summed E-state index contributed by atoms with van der Waals surface area (Å²) in [5.41, 5.74) is 2.06. The van der Waals surface area contributed by atoms with E-state index in [2.05, 4.69) is 43.9 Å². The molecule has 0 radical (unpaired) electrons. The Morgan fingerprint density at radius 2 is 1.59 bits per heavy atom. The largest absolute Gasteiger partial charge is 0.368 e. The number of fused-ring (bicyclic) bond motifs is 1. The molecule has 7 heteroatoms. The third-order valence-electron chi connectivity index (χ3n) is 6.33. The van der Waals surface area contributed by atoms with Crippen molar-refractivity contribution in [2.75, 3.05) is 13.2 Å². The highest BCUT2D eigenvalue weighted by atomic mass is 28.3. The van der Waals surface area contributed by atoms with Crippen LogP contribution in [-0.4, -0.2) is 58.1 Å². The molecule has 0 N–H and O–H groups in total. The fourth-order valence-corrected chi connectivity index (χ4v) is 5.38. The van der Waals surface area contributed by atoms with Crippen LogP contribution in [0.1, 0.15) is 31.3 Å². The van der Waals surface area contributed by atoms with Gasteiger partial charge in [-0.05, 0) is 25.5 Å². The molecule has 2 aromatic carbocycles. The number of hydrogen-bond donors (Lipinski definition) is 0. The van der Waals surface area contributed by atoms with Crippen molar-refractivity contribution in [2.45, 2.75) is 89.2 Å². The summed E-state index contributed by atoms with van der Waals surface area (Å²) in [6.45, 7) is 12.4. The zero-order valence-electron chi connectivity index (χ0n) is 22.7. The maximum Gasteiger partial charge on any atom is 0.187 e. The molecule has 2 fully saturated rings. The number of hydrogen-bond acceptors (Lipinski definition) is 6. The number of ether oxygens (including phenoxy) is 6. The van der Waals surface area contributed by atoms with Crippen molar-refractivity contribution in [3.05, 3.63) is 83.9 Å². The molecule has 202 valence electrons. The summed E-state index contributed by atoms with van der Waals surface area (Å²) in [7, 11) is -1.16. The minimum Gasteiger partial charge on any atom is -0.368 e. The smallest absolute Gasteiger partial charge is 0.187 e. The van der Waals surface area contributed by atoms with Crippen LogP contribution >= 0.6 is 0 Å². The second-order valence-corrected chi connectivity index (χ2v) is 16.7. The van der Waals surface area contributed by atoms with E-state index in [1.54, 1.807) is 0 Å². The standard InChI is InChI=1S/C30H42O6Si/c1-22(2)34-30-28(31-18-12-13-19-37(3,4)5)27(32-20-23-14-8-6-9-15-23)26-25(35-30)21-33-29(36-26)24-16-10-7-11-17-24/h6-17,22,25-30H,18-21H2,1-5H3/b13-12-/t25-,26-,27+,28+,29?,30-/m1/s1. The van der Waals surface area contributed by atoms with Crippen molar-refractivity contribution in [1.29, 1.82) is 0 Å². The van der Waals surface area contributed by atoms with Crippen LogP contribution in [0.4, 0.5) is 0 Å². The van der Waals surface area contributed by atoms with Gasteiger partial charge in [0, 0.05) is 13.6 Å². The summed E-state index contributed by atoms with van der Waals surface area (Å²) in [5.74, 6) is 0. The fraction of sp³-hybridized carbons (Fsp3) is 0.533. The first-order valence-corrected chi connectivity index (χ1v) is 17.1. The SMILES string of the molecule is CC(C)O[C@@H]1O[C@@H]2COC(c3ccccc3)O[C@H]2[C@H](OCc2ccccc2)[C@@H]1OC/C=C\C[Si](C)(C)C. The molecular formula is C30H42O6Si. The van der Waals surface area contributed by atoms with Crippen molar-refractivity contribution < 1.29 is 28.4 Å². The first kappa shape index (κ1) is 28.2. The lowest BCUT2D eigenvalue weighted by Crippen LogP contribution is -2.64. The third-order valence-corrected chi connectivity index (χ3v) is 7.79. The highest BCUT2D eigenvalue weighted by molar-refractivity contribution is 6.76. The van der Waals surface area contributed by atoms with E-state index in [0.29, 0.717) is 19.8 Å². The van der Waals surface area contributed by atoms with Crippen molar-refractivity contribution in [2.24, 2.45) is 0 Å².